The lowest BCUT2D eigenvalue weighted by molar-refractivity contribution is -0.116. The van der Waals surface area contributed by atoms with Crippen LogP contribution in [0.25, 0.3) is 5.70 Å². The fourth-order valence-corrected chi connectivity index (χ4v) is 4.67. The Kier molecular flexibility index (Phi) is 6.55. The molecular weight excluding hydrogens is 428 g/mol. The van der Waals surface area contributed by atoms with Gasteiger partial charge in [-0.15, -0.1) is 5.10 Å². The fourth-order valence-electron chi connectivity index (χ4n) is 3.74. The van der Waals surface area contributed by atoms with Crippen LogP contribution in [0.1, 0.15) is 31.5 Å². The quantitative estimate of drug-likeness (QED) is 0.647. The summed E-state index contributed by atoms with van der Waals surface area (Å²) in [5.74, 6) is 2.17. The van der Waals surface area contributed by atoms with E-state index in [1.165, 1.54) is 11.8 Å². The molecular formula is C23H26N4O4S. The highest BCUT2D eigenvalue weighted by Gasteiger charge is 2.36. The second-order valence-corrected chi connectivity index (χ2v) is 8.28. The molecule has 8 nitrogen and oxygen atoms in total. The third kappa shape index (κ3) is 3.88. The molecule has 1 amide bonds. The summed E-state index contributed by atoms with van der Waals surface area (Å²) in [6, 6.07) is 11.2. The molecule has 9 heteroatoms. The second-order valence-electron chi connectivity index (χ2n) is 7.20. The van der Waals surface area contributed by atoms with Crippen LogP contribution in [-0.4, -0.2) is 43.2 Å². The number of para-hydroxylation sites is 1. The predicted octanol–water partition coefficient (Wildman–Crippen LogP) is 2.39. The molecule has 0 saturated heterocycles. The smallest absolute Gasteiger partial charge is 0.276 e. The summed E-state index contributed by atoms with van der Waals surface area (Å²) < 4.78 is 16.7. The van der Waals surface area contributed by atoms with E-state index in [1.807, 2.05) is 30.3 Å². The molecule has 2 aromatic rings. The molecule has 32 heavy (non-hydrogen) atoms. The summed E-state index contributed by atoms with van der Waals surface area (Å²) in [5, 5.41) is 11.4. The first kappa shape index (κ1) is 22.0. The third-order valence-electron chi connectivity index (χ3n) is 5.26. The molecule has 0 fully saturated rings. The van der Waals surface area contributed by atoms with E-state index in [2.05, 4.69) is 12.2 Å². The van der Waals surface area contributed by atoms with Crippen molar-refractivity contribution in [3.8, 4) is 17.2 Å². The number of amides is 1. The van der Waals surface area contributed by atoms with Crippen LogP contribution in [0.2, 0.25) is 0 Å². The molecule has 1 atom stereocenters. The van der Waals surface area contributed by atoms with E-state index in [9.17, 15) is 4.79 Å². The Morgan fingerprint density at radius 2 is 1.84 bits per heavy atom. The fraction of sp³-hybridized carbons (Fsp3) is 0.348. The zero-order valence-electron chi connectivity index (χ0n) is 18.5. The van der Waals surface area contributed by atoms with E-state index in [4.69, 9.17) is 24.3 Å². The number of thioether (sulfide) groups is 1. The number of carbonyl (C=O) groups is 1. The van der Waals surface area contributed by atoms with Crippen molar-refractivity contribution in [2.75, 3.05) is 27.1 Å². The highest BCUT2D eigenvalue weighted by atomic mass is 32.2. The number of nitrogens with one attached hydrogen (secondary N) is 1. The predicted molar refractivity (Wildman–Crippen MR) is 124 cm³/mol. The molecule has 2 aliphatic heterocycles. The minimum absolute atomic E-state index is 0.203. The Morgan fingerprint density at radius 1 is 1.06 bits per heavy atom. The Bertz CT molecular complexity index is 1180. The van der Waals surface area contributed by atoms with Crippen LogP contribution in [0.4, 0.5) is 0 Å². The molecule has 2 aromatic carbocycles. The summed E-state index contributed by atoms with van der Waals surface area (Å²) in [6.45, 7) is 2.13. The molecule has 2 aliphatic rings. The minimum atomic E-state index is -0.609. The van der Waals surface area contributed by atoms with Crippen LogP contribution in [-0.2, 0) is 4.79 Å². The van der Waals surface area contributed by atoms with Gasteiger partial charge in [0.05, 0.1) is 26.7 Å². The zero-order chi connectivity index (χ0) is 22.7. The Labute approximate surface area is 190 Å². The SMILES string of the molecule is CCCCSC1=NN2C(=c3ccccc3=N[C@H]2c2ccc(OC)c(OC)c2OC)C(=O)N1. The van der Waals surface area contributed by atoms with Crippen LogP contribution < -0.4 is 30.1 Å². The molecule has 4 rings (SSSR count). The van der Waals surface area contributed by atoms with Gasteiger partial charge in [0.1, 0.15) is 5.70 Å². The molecule has 0 bridgehead atoms. The molecule has 1 N–H and O–H groups in total. The summed E-state index contributed by atoms with van der Waals surface area (Å²) >= 11 is 1.53. The number of amidine groups is 1. The van der Waals surface area contributed by atoms with E-state index >= 15 is 0 Å². The number of hydrazone groups is 1. The topological polar surface area (TPSA) is 84.8 Å². The molecule has 0 radical (unpaired) electrons. The lowest BCUT2D eigenvalue weighted by Crippen LogP contribution is -2.50. The van der Waals surface area contributed by atoms with E-state index in [0.29, 0.717) is 39.0 Å². The largest absolute Gasteiger partial charge is 0.493 e. The van der Waals surface area contributed by atoms with Gasteiger partial charge in [0.25, 0.3) is 5.91 Å². The van der Waals surface area contributed by atoms with Crippen LogP contribution in [0.5, 0.6) is 17.2 Å². The molecule has 0 aromatic heterocycles. The van der Waals surface area contributed by atoms with Gasteiger partial charge in [-0.3, -0.25) is 15.1 Å². The average molecular weight is 455 g/mol. The van der Waals surface area contributed by atoms with Crippen LogP contribution in [0.15, 0.2) is 46.5 Å². The van der Waals surface area contributed by atoms with Crippen molar-refractivity contribution in [2.45, 2.75) is 25.9 Å². The molecule has 0 spiro atoms. The van der Waals surface area contributed by atoms with Crippen molar-refractivity contribution in [1.82, 2.24) is 10.3 Å². The van der Waals surface area contributed by atoms with E-state index in [0.717, 1.165) is 23.8 Å². The van der Waals surface area contributed by atoms with Gasteiger partial charge in [-0.1, -0.05) is 43.3 Å². The maximum Gasteiger partial charge on any atom is 0.276 e. The normalized spacial score (nSPS) is 16.9. The van der Waals surface area contributed by atoms with Crippen molar-refractivity contribution >= 4 is 28.5 Å². The number of hydrogen-bond acceptors (Lipinski definition) is 8. The minimum Gasteiger partial charge on any atom is -0.493 e. The van der Waals surface area contributed by atoms with Gasteiger partial charge in [0, 0.05) is 16.5 Å². The monoisotopic (exact) mass is 454 g/mol. The number of methoxy groups -OCH3 is 3. The van der Waals surface area contributed by atoms with Crippen molar-refractivity contribution in [1.29, 1.82) is 0 Å². The second kappa shape index (κ2) is 9.52. The average Bonchev–Trinajstić information content (AvgIpc) is 2.82. The summed E-state index contributed by atoms with van der Waals surface area (Å²) in [5.41, 5.74) is 1.17. The lowest BCUT2D eigenvalue weighted by atomic mass is 10.1. The Balaban J connectivity index is 1.90. The molecule has 0 saturated carbocycles. The van der Waals surface area contributed by atoms with Crippen LogP contribution in [0.3, 0.4) is 0 Å². The van der Waals surface area contributed by atoms with E-state index in [-0.39, 0.29) is 5.91 Å². The third-order valence-corrected chi connectivity index (χ3v) is 6.21. The lowest BCUT2D eigenvalue weighted by Gasteiger charge is -2.34. The number of rotatable bonds is 7. The number of nitrogens with zero attached hydrogens (tertiary/aromatic N) is 3. The molecule has 2 heterocycles. The van der Waals surface area contributed by atoms with Crippen molar-refractivity contribution < 1.29 is 19.0 Å². The summed E-state index contributed by atoms with van der Waals surface area (Å²) in [6.07, 6.45) is 1.50. The molecule has 168 valence electrons. The van der Waals surface area contributed by atoms with Gasteiger partial charge in [-0.25, -0.2) is 5.01 Å². The van der Waals surface area contributed by atoms with Gasteiger partial charge >= 0.3 is 0 Å². The van der Waals surface area contributed by atoms with Gasteiger partial charge in [-0.2, -0.15) is 0 Å². The van der Waals surface area contributed by atoms with Crippen LogP contribution in [0, 0.1) is 0 Å². The van der Waals surface area contributed by atoms with Crippen molar-refractivity contribution in [3.63, 3.8) is 0 Å². The summed E-state index contributed by atoms with van der Waals surface area (Å²) in [4.78, 5) is 18.1. The highest BCUT2D eigenvalue weighted by molar-refractivity contribution is 8.13. The zero-order valence-corrected chi connectivity index (χ0v) is 19.4. The van der Waals surface area contributed by atoms with Gasteiger partial charge < -0.3 is 14.2 Å². The van der Waals surface area contributed by atoms with Gasteiger partial charge in [-0.05, 0) is 24.6 Å². The highest BCUT2D eigenvalue weighted by Crippen LogP contribution is 2.45. The van der Waals surface area contributed by atoms with Crippen molar-refractivity contribution in [3.05, 3.63) is 52.5 Å². The maximum atomic E-state index is 13.2. The van der Waals surface area contributed by atoms with Gasteiger partial charge in [0.15, 0.2) is 22.8 Å². The number of unbranched alkanes of at least 4 members (excludes halogenated alkanes) is 1. The first-order chi connectivity index (χ1) is 15.6. The number of carbonyl (C=O) groups excluding carboxylic acids is 1. The molecule has 0 unspecified atom stereocenters. The van der Waals surface area contributed by atoms with Gasteiger partial charge in [0.2, 0.25) is 5.75 Å². The Hall–Kier alpha value is -3.20. The molecule has 0 aliphatic carbocycles. The number of benzene rings is 2. The number of hydrogen-bond donors (Lipinski definition) is 1. The van der Waals surface area contributed by atoms with Crippen molar-refractivity contribution in [2.24, 2.45) is 10.1 Å². The number of fused-ring (bicyclic) bond motifs is 2. The standard InChI is InChI=1S/C23H26N4O4S/c1-5-6-13-32-23-25-22(28)18-14-9-7-8-10-16(14)24-21(27(18)26-23)15-11-12-17(29-2)20(31-4)19(15)30-3/h7-12,21H,5-6,13H2,1-4H3,(H,25,26,28)/t21-/m1/s1. The van der Waals surface area contributed by atoms with Crippen LogP contribution >= 0.6 is 11.8 Å². The maximum absolute atomic E-state index is 13.2. The van der Waals surface area contributed by atoms with E-state index < -0.39 is 6.17 Å². The summed E-state index contributed by atoms with van der Waals surface area (Å²) in [7, 11) is 4.70. The number of ether oxygens (including phenoxy) is 3. The Morgan fingerprint density at radius 3 is 2.56 bits per heavy atom. The first-order valence-electron chi connectivity index (χ1n) is 10.4. The first-order valence-corrected chi connectivity index (χ1v) is 11.4. The van der Waals surface area contributed by atoms with E-state index in [1.54, 1.807) is 32.4 Å².